The average molecular weight is 1780 g/mol. The number of primary amides is 1. The number of aliphatic imine (C=N–C) groups is 2. The van der Waals surface area contributed by atoms with Gasteiger partial charge in [-0.2, -0.15) is 37.0 Å². The Kier molecular flexibility index (Phi) is 51.2. The number of nitrogens with two attached hydrogens (primary N) is 8. The van der Waals surface area contributed by atoms with Crippen LogP contribution in [0.1, 0.15) is 122 Å². The molecule has 0 aliphatic carbocycles. The summed E-state index contributed by atoms with van der Waals surface area (Å²) in [7, 11) is 0. The van der Waals surface area contributed by atoms with E-state index in [0.717, 1.165) is 6.92 Å². The number of guanidine groups is 2. The van der Waals surface area contributed by atoms with Crippen molar-refractivity contribution in [3.05, 3.63) is 65.7 Å². The Labute approximate surface area is 722 Å². The van der Waals surface area contributed by atoms with Crippen LogP contribution in [0.3, 0.4) is 0 Å². The lowest BCUT2D eigenvalue weighted by Crippen LogP contribution is -2.62. The van der Waals surface area contributed by atoms with Crippen molar-refractivity contribution in [2.24, 2.45) is 61.8 Å². The number of carbonyl (C=O) groups is 16. The Morgan fingerprint density at radius 3 is 1.24 bits per heavy atom. The largest absolute Gasteiger partial charge is 0.508 e. The topological polar surface area (TPSA) is 755 Å². The van der Waals surface area contributed by atoms with Gasteiger partial charge in [0.15, 0.2) is 11.9 Å². The number of phenols is 1. The lowest BCUT2D eigenvalue weighted by atomic mass is 10.0. The number of thiol groups is 2. The molecule has 44 nitrogen and oxygen atoms in total. The maximum Gasteiger partial charge on any atom is 0.322 e. The van der Waals surface area contributed by atoms with Crippen molar-refractivity contribution in [3.8, 4) is 5.75 Å². The lowest BCUT2D eigenvalue weighted by molar-refractivity contribution is -0.139. The number of rotatable bonds is 60. The van der Waals surface area contributed by atoms with Crippen LogP contribution in [0, 0.1) is 5.92 Å². The van der Waals surface area contributed by atoms with Gasteiger partial charge in [0.2, 0.25) is 88.6 Å². The molecule has 682 valence electrons. The number of carboxylic acid groups (broad SMARTS) is 1. The molecule has 0 unspecified atom stereocenters. The maximum absolute atomic E-state index is 15.0. The second kappa shape index (κ2) is 58.2. The zero-order chi connectivity index (χ0) is 91.7. The standard InChI is InChI=1S/C75H124N24O20S3/c1-39(2)58(72(118)96-54(37-120)70(116)91-47(19-13-30-84-74(80)81)64(110)95-53(36-100)62(108)86-35-57(104)105)98-66(112)48(20-14-31-85-75(82)83)88-60(106)40(3)87-68(114)51(34-43-21-23-44(102)24-22-43)94-69(115)52(33-42-15-7-6-8-16-42)93-63(109)46(18-10-12-29-77)90-65(111)50(27-32-122-5)92-71(117)55(38-121)97-73(119)59(41(4)101)99-67(113)49(25-26-56(79)103)89-61(107)45(78)17-9-11-28-76/h6-8,15-16,21-24,39-41,45-55,58-59,100-102,120-121H,9-14,17-20,25-38,76-78H2,1-5H3,(H2,79,103)(H,86,108)(H,87,114)(H,88,106)(H,89,107)(H,90,111)(H,91,116)(H,92,117)(H,93,109)(H,94,115)(H,95,110)(H,96,118)(H,97,119)(H,98,112)(H,99,113)(H,104,105)(H4,80,81,84)(H4,82,83,85)/t40-,41+,45-,46-,47-,48-,49-,50-,51-,52-,53-,54-,55-,58-,59-/m0/s1. The molecule has 0 spiro atoms. The minimum Gasteiger partial charge on any atom is -0.508 e. The summed E-state index contributed by atoms with van der Waals surface area (Å²) in [6.45, 7) is 4.07. The number of hydrogen-bond donors (Lipinski definition) is 28. The first-order chi connectivity index (χ1) is 57.7. The summed E-state index contributed by atoms with van der Waals surface area (Å²) in [5, 5.41) is 74.8. The number of aliphatic hydroxyl groups is 2. The third-order valence-electron chi connectivity index (χ3n) is 18.4. The Morgan fingerprint density at radius 1 is 0.426 bits per heavy atom. The van der Waals surface area contributed by atoms with Crippen molar-refractivity contribution in [2.45, 2.75) is 215 Å². The molecule has 2 aromatic carbocycles. The molecule has 2 aromatic rings. The minimum absolute atomic E-state index is 0.0348. The van der Waals surface area contributed by atoms with Gasteiger partial charge in [-0.1, -0.05) is 62.7 Å². The number of hydrogen-bond acceptors (Lipinski definition) is 27. The van der Waals surface area contributed by atoms with Gasteiger partial charge in [-0.25, -0.2) is 0 Å². The Bertz CT molecular complexity index is 3810. The van der Waals surface area contributed by atoms with Crippen LogP contribution >= 0.6 is 37.0 Å². The smallest absolute Gasteiger partial charge is 0.322 e. The molecular weight excluding hydrogens is 1650 g/mol. The van der Waals surface area contributed by atoms with E-state index in [1.165, 1.54) is 43.0 Å². The monoisotopic (exact) mass is 1780 g/mol. The van der Waals surface area contributed by atoms with E-state index >= 15 is 4.79 Å². The van der Waals surface area contributed by atoms with Gasteiger partial charge in [0.25, 0.3) is 0 Å². The van der Waals surface area contributed by atoms with Crippen molar-refractivity contribution < 1.29 is 97.1 Å². The first kappa shape index (κ1) is 107. The van der Waals surface area contributed by atoms with E-state index in [2.05, 4.69) is 104 Å². The van der Waals surface area contributed by atoms with Crippen LogP contribution in [-0.2, 0) is 89.6 Å². The van der Waals surface area contributed by atoms with Crippen LogP contribution < -0.4 is 120 Å². The highest BCUT2D eigenvalue weighted by Gasteiger charge is 2.39. The molecule has 34 N–H and O–H groups in total. The van der Waals surface area contributed by atoms with Gasteiger partial charge in [0.05, 0.1) is 18.8 Å². The third-order valence-corrected chi connectivity index (χ3v) is 19.8. The zero-order valence-corrected chi connectivity index (χ0v) is 71.6. The number of nitrogens with zero attached hydrogens (tertiary/aromatic N) is 2. The second-order valence-electron chi connectivity index (χ2n) is 28.9. The SMILES string of the molecule is CSCC[C@H](NC(=O)[C@H](CS)NC(=O)[C@@H](NC(=O)[C@H](CCC(N)=O)NC(=O)[C@@H](N)CCCCN)[C@@H](C)O)C(=O)N[C@@H](CCCCN)C(=O)N[C@@H](Cc1ccccc1)C(=O)N[C@@H](Cc1ccc(O)cc1)C(=O)N[C@@H](C)C(=O)N[C@@H](CCCN=C(N)N)C(=O)N[C@H](C(=O)N[C@@H](CS)C(=O)N[C@@H](CCCN=C(N)N)C(=O)N[C@@H](CO)C(=O)NCC(=O)O)C(C)C. The van der Waals surface area contributed by atoms with E-state index in [1.54, 1.807) is 50.4 Å². The molecule has 0 bridgehead atoms. The molecule has 0 aliphatic heterocycles. The predicted octanol–water partition coefficient (Wildman–Crippen LogP) is -8.70. The fourth-order valence-electron chi connectivity index (χ4n) is 11.6. The summed E-state index contributed by atoms with van der Waals surface area (Å²) in [6.07, 6.45) is 0.250. The number of amides is 15. The van der Waals surface area contributed by atoms with E-state index in [-0.39, 0.29) is 120 Å². The van der Waals surface area contributed by atoms with Gasteiger partial charge >= 0.3 is 5.97 Å². The molecule has 0 aromatic heterocycles. The minimum atomic E-state index is -1.79. The number of carboxylic acids is 1. The van der Waals surface area contributed by atoms with Crippen LogP contribution in [0.2, 0.25) is 0 Å². The fourth-order valence-corrected chi connectivity index (χ4v) is 12.6. The average Bonchev–Trinajstić information content (AvgIpc) is 0.856. The number of phenolic OH excluding ortho intramolecular Hbond substituents is 1. The zero-order valence-electron chi connectivity index (χ0n) is 69.0. The van der Waals surface area contributed by atoms with Gasteiger partial charge in [-0.05, 0) is 139 Å². The molecule has 0 saturated carbocycles. The van der Waals surface area contributed by atoms with Crippen molar-refractivity contribution in [3.63, 3.8) is 0 Å². The molecule has 2 rings (SSSR count). The normalized spacial score (nSPS) is 14.7. The summed E-state index contributed by atoms with van der Waals surface area (Å²) in [5.41, 5.74) is 45.7. The van der Waals surface area contributed by atoms with Gasteiger partial charge < -0.3 is 141 Å². The van der Waals surface area contributed by atoms with E-state index in [1.807, 2.05) is 5.32 Å². The summed E-state index contributed by atoms with van der Waals surface area (Å²) < 4.78 is 0. The number of aromatic hydroxyl groups is 1. The molecule has 122 heavy (non-hydrogen) atoms. The highest BCUT2D eigenvalue weighted by atomic mass is 32.2. The molecule has 15 atom stereocenters. The lowest BCUT2D eigenvalue weighted by Gasteiger charge is -2.29. The van der Waals surface area contributed by atoms with Gasteiger partial charge in [0, 0.05) is 43.9 Å². The summed E-state index contributed by atoms with van der Waals surface area (Å²) in [5.74, 6) is -17.9. The van der Waals surface area contributed by atoms with Crippen LogP contribution in [-0.4, -0.2) is 280 Å². The summed E-state index contributed by atoms with van der Waals surface area (Å²) in [6, 6.07) is -7.24. The Hall–Kier alpha value is -10.8. The van der Waals surface area contributed by atoms with Crippen LogP contribution in [0.4, 0.5) is 0 Å². The van der Waals surface area contributed by atoms with E-state index in [0.29, 0.717) is 36.9 Å². The van der Waals surface area contributed by atoms with Crippen LogP contribution in [0.15, 0.2) is 64.6 Å². The third kappa shape index (κ3) is 41.6. The van der Waals surface area contributed by atoms with E-state index in [4.69, 9.17) is 51.0 Å². The van der Waals surface area contributed by atoms with E-state index < -0.39 is 216 Å². The molecule has 0 aliphatic rings. The fraction of sp³-hybridized carbons (Fsp3) is 0.600. The number of nitrogens with one attached hydrogen (secondary N) is 14. The van der Waals surface area contributed by atoms with Crippen LogP contribution in [0.5, 0.6) is 5.75 Å². The second-order valence-corrected chi connectivity index (χ2v) is 30.6. The molecule has 0 fully saturated rings. The molecular formula is C75H124N24O20S3. The van der Waals surface area contributed by atoms with Crippen molar-refractivity contribution >= 4 is 144 Å². The number of unbranched alkanes of at least 4 members (excludes halogenated alkanes) is 2. The van der Waals surface area contributed by atoms with Crippen molar-refractivity contribution in [1.82, 2.24) is 74.4 Å². The number of thioether (sulfide) groups is 1. The van der Waals surface area contributed by atoms with Gasteiger partial charge in [-0.3, -0.25) is 86.7 Å². The summed E-state index contributed by atoms with van der Waals surface area (Å²) in [4.78, 5) is 228. The molecule has 0 saturated heterocycles. The van der Waals surface area contributed by atoms with Crippen LogP contribution in [0.25, 0.3) is 0 Å². The number of aliphatic hydroxyl groups excluding tert-OH is 2. The quantitative estimate of drug-likeness (QED) is 0.0127. The maximum atomic E-state index is 15.0. The van der Waals surface area contributed by atoms with Gasteiger partial charge in [-0.15, -0.1) is 0 Å². The number of benzene rings is 2. The molecule has 0 radical (unpaired) electrons. The Balaban J connectivity index is 2.57. The number of carbonyl (C=O) groups excluding carboxylic acids is 15. The van der Waals surface area contributed by atoms with E-state index in [9.17, 15) is 87.2 Å². The highest BCUT2D eigenvalue weighted by molar-refractivity contribution is 7.98. The van der Waals surface area contributed by atoms with Gasteiger partial charge in [0.1, 0.15) is 90.8 Å². The molecule has 0 heterocycles. The molecule has 47 heteroatoms. The number of aliphatic carboxylic acids is 1. The Morgan fingerprint density at radius 2 is 0.803 bits per heavy atom. The van der Waals surface area contributed by atoms with Crippen molar-refractivity contribution in [1.29, 1.82) is 0 Å². The summed E-state index contributed by atoms with van der Waals surface area (Å²) >= 11 is 9.81. The first-order valence-electron chi connectivity index (χ1n) is 39.6. The predicted molar refractivity (Wildman–Crippen MR) is 460 cm³/mol. The highest BCUT2D eigenvalue weighted by Crippen LogP contribution is 2.16. The first-order valence-corrected chi connectivity index (χ1v) is 42.2. The molecule has 15 amide bonds. The van der Waals surface area contributed by atoms with Crippen molar-refractivity contribution in [2.75, 3.05) is 62.8 Å².